The van der Waals surface area contributed by atoms with Crippen LogP contribution in [0.3, 0.4) is 0 Å². The molecule has 8 heteroatoms. The summed E-state index contributed by atoms with van der Waals surface area (Å²) in [7, 11) is -0.273. The normalized spacial score (nSPS) is 21.0. The predicted molar refractivity (Wildman–Crippen MR) is 123 cm³/mol. The first-order valence-electron chi connectivity index (χ1n) is 9.67. The van der Waals surface area contributed by atoms with E-state index < -0.39 is 10.0 Å². The summed E-state index contributed by atoms with van der Waals surface area (Å²) in [6, 6.07) is 14.7. The van der Waals surface area contributed by atoms with Crippen molar-refractivity contribution in [2.45, 2.75) is 30.2 Å². The fourth-order valence-corrected chi connectivity index (χ4v) is 5.88. The van der Waals surface area contributed by atoms with Gasteiger partial charge in [-0.3, -0.25) is 4.79 Å². The molecule has 2 fully saturated rings. The van der Waals surface area contributed by atoms with E-state index in [0.29, 0.717) is 11.6 Å². The standard InChI is InChI=1S/C21H24IN3O3S/c1-23(21(26)16-8-11-18(12-9-16)29(27,28)24(2)22)19-5-3-4-6-20(19)25-14-15-7-10-17(25)13-15/h3-6,8-9,11-12,15,17H,7,10,13-14H2,1-2H3. The van der Waals surface area contributed by atoms with E-state index in [0.717, 1.165) is 26.4 Å². The summed E-state index contributed by atoms with van der Waals surface area (Å²) in [5.74, 6) is 0.605. The number of anilines is 2. The Morgan fingerprint density at radius 2 is 1.76 bits per heavy atom. The molecule has 2 aromatic carbocycles. The Hall–Kier alpha value is -1.65. The van der Waals surface area contributed by atoms with Gasteiger partial charge in [-0.05, 0) is 61.6 Å². The molecule has 4 rings (SSSR count). The third-order valence-electron chi connectivity index (χ3n) is 6.00. The number of hydrogen-bond acceptors (Lipinski definition) is 4. The summed E-state index contributed by atoms with van der Waals surface area (Å²) in [6.45, 7) is 1.06. The van der Waals surface area contributed by atoms with Crippen molar-refractivity contribution in [2.75, 3.05) is 30.4 Å². The highest BCUT2D eigenvalue weighted by Gasteiger charge is 2.39. The van der Waals surface area contributed by atoms with Crippen molar-refractivity contribution in [2.24, 2.45) is 5.92 Å². The monoisotopic (exact) mass is 525 g/mol. The largest absolute Gasteiger partial charge is 0.367 e. The lowest BCUT2D eigenvalue weighted by Crippen LogP contribution is -2.34. The van der Waals surface area contributed by atoms with Crippen LogP contribution in [0.5, 0.6) is 0 Å². The minimum Gasteiger partial charge on any atom is -0.367 e. The third kappa shape index (κ3) is 3.77. The van der Waals surface area contributed by atoms with E-state index in [9.17, 15) is 13.2 Å². The first kappa shape index (κ1) is 20.6. The zero-order chi connectivity index (χ0) is 20.8. The first-order valence-corrected chi connectivity index (χ1v) is 12.1. The molecule has 0 N–H and O–H groups in total. The number of sulfonamides is 1. The lowest BCUT2D eigenvalue weighted by molar-refractivity contribution is 0.0993. The van der Waals surface area contributed by atoms with E-state index in [2.05, 4.69) is 11.0 Å². The molecule has 2 aliphatic rings. The van der Waals surface area contributed by atoms with Crippen molar-refractivity contribution in [1.29, 1.82) is 0 Å². The second-order valence-corrected chi connectivity index (χ2v) is 11.8. The third-order valence-corrected chi connectivity index (χ3v) is 9.08. The van der Waals surface area contributed by atoms with Crippen LogP contribution in [-0.4, -0.2) is 43.5 Å². The number of carbonyl (C=O) groups is 1. The first-order chi connectivity index (χ1) is 13.8. The molecule has 6 nitrogen and oxygen atoms in total. The van der Waals surface area contributed by atoms with Gasteiger partial charge in [0.2, 0.25) is 0 Å². The molecule has 0 spiro atoms. The molecule has 2 unspecified atom stereocenters. The molecular formula is C21H24IN3O3S. The maximum Gasteiger partial charge on any atom is 0.258 e. The number of nitrogens with zero attached hydrogens (tertiary/aromatic N) is 3. The highest BCUT2D eigenvalue weighted by Crippen LogP contribution is 2.43. The van der Waals surface area contributed by atoms with Gasteiger partial charge in [-0.1, -0.05) is 12.1 Å². The minimum absolute atomic E-state index is 0.159. The minimum atomic E-state index is -3.53. The van der Waals surface area contributed by atoms with Gasteiger partial charge < -0.3 is 9.80 Å². The van der Waals surface area contributed by atoms with Crippen LogP contribution in [0.25, 0.3) is 0 Å². The number of hydrogen-bond donors (Lipinski definition) is 0. The second-order valence-electron chi connectivity index (χ2n) is 7.76. The van der Waals surface area contributed by atoms with Gasteiger partial charge in [0.1, 0.15) is 0 Å². The highest BCUT2D eigenvalue weighted by molar-refractivity contribution is 14.1. The Kier molecular flexibility index (Phi) is 5.60. The Morgan fingerprint density at radius 3 is 2.34 bits per heavy atom. The molecule has 1 aliphatic carbocycles. The molecule has 1 aliphatic heterocycles. The number of piperidine rings is 1. The van der Waals surface area contributed by atoms with Crippen molar-refractivity contribution >= 4 is 50.2 Å². The van der Waals surface area contributed by atoms with Crippen LogP contribution in [-0.2, 0) is 10.0 Å². The zero-order valence-electron chi connectivity index (χ0n) is 16.5. The molecule has 1 saturated heterocycles. The molecule has 2 bridgehead atoms. The van der Waals surface area contributed by atoms with Crippen molar-refractivity contribution in [3.8, 4) is 0 Å². The van der Waals surface area contributed by atoms with Gasteiger partial charge in [0.15, 0.2) is 0 Å². The van der Waals surface area contributed by atoms with E-state index in [-0.39, 0.29) is 10.8 Å². The molecule has 0 aromatic heterocycles. The average molecular weight is 525 g/mol. The number of halogens is 1. The summed E-state index contributed by atoms with van der Waals surface area (Å²) in [6.07, 6.45) is 3.77. The van der Waals surface area contributed by atoms with E-state index in [4.69, 9.17) is 0 Å². The summed E-state index contributed by atoms with van der Waals surface area (Å²) in [5, 5.41) is 0. The van der Waals surface area contributed by atoms with Gasteiger partial charge >= 0.3 is 0 Å². The van der Waals surface area contributed by atoms with Gasteiger partial charge in [-0.15, -0.1) is 2.52 Å². The van der Waals surface area contributed by atoms with Crippen molar-refractivity contribution < 1.29 is 13.2 Å². The molecule has 1 amide bonds. The van der Waals surface area contributed by atoms with Crippen molar-refractivity contribution in [3.05, 3.63) is 54.1 Å². The molecule has 2 atom stereocenters. The topological polar surface area (TPSA) is 60.9 Å². The lowest BCUT2D eigenvalue weighted by Gasteiger charge is -2.33. The zero-order valence-corrected chi connectivity index (χ0v) is 19.4. The van der Waals surface area contributed by atoms with Gasteiger partial charge in [0.05, 0.1) is 16.3 Å². The van der Waals surface area contributed by atoms with E-state index in [1.165, 1.54) is 38.4 Å². The maximum absolute atomic E-state index is 13.1. The lowest BCUT2D eigenvalue weighted by atomic mass is 10.1. The summed E-state index contributed by atoms with van der Waals surface area (Å²) in [5.41, 5.74) is 2.44. The van der Waals surface area contributed by atoms with Crippen LogP contribution >= 0.6 is 22.9 Å². The van der Waals surface area contributed by atoms with E-state index >= 15 is 0 Å². The highest BCUT2D eigenvalue weighted by atomic mass is 127. The molecule has 154 valence electrons. The van der Waals surface area contributed by atoms with E-state index in [1.807, 2.05) is 18.2 Å². The van der Waals surface area contributed by atoms with Crippen LogP contribution in [0.15, 0.2) is 53.4 Å². The summed E-state index contributed by atoms with van der Waals surface area (Å²) in [4.78, 5) is 17.4. The number of benzene rings is 2. The van der Waals surface area contributed by atoms with Gasteiger partial charge in [-0.25, -0.2) is 8.42 Å². The number of carbonyl (C=O) groups excluding carboxylic acids is 1. The van der Waals surface area contributed by atoms with Crippen LogP contribution in [0, 0.1) is 5.92 Å². The van der Waals surface area contributed by atoms with Gasteiger partial charge in [-0.2, -0.15) is 0 Å². The Morgan fingerprint density at radius 1 is 1.07 bits per heavy atom. The quantitative estimate of drug-likeness (QED) is 0.439. The molecule has 29 heavy (non-hydrogen) atoms. The van der Waals surface area contributed by atoms with Crippen molar-refractivity contribution in [3.63, 3.8) is 0 Å². The number of fused-ring (bicyclic) bond motifs is 2. The summed E-state index contributed by atoms with van der Waals surface area (Å²) >= 11 is 1.72. The van der Waals surface area contributed by atoms with Crippen LogP contribution < -0.4 is 9.80 Å². The molecule has 2 aromatic rings. The van der Waals surface area contributed by atoms with Crippen molar-refractivity contribution in [1.82, 2.24) is 2.52 Å². The Balaban J connectivity index is 1.59. The maximum atomic E-state index is 13.1. The molecule has 0 radical (unpaired) electrons. The predicted octanol–water partition coefficient (Wildman–Crippen LogP) is 3.92. The number of para-hydroxylation sites is 2. The van der Waals surface area contributed by atoms with Crippen LogP contribution in [0.2, 0.25) is 0 Å². The summed E-state index contributed by atoms with van der Waals surface area (Å²) < 4.78 is 25.6. The smallest absolute Gasteiger partial charge is 0.258 e. The van der Waals surface area contributed by atoms with Crippen LogP contribution in [0.1, 0.15) is 29.6 Å². The molecule has 1 saturated carbocycles. The van der Waals surface area contributed by atoms with E-state index in [1.54, 1.807) is 46.9 Å². The van der Waals surface area contributed by atoms with Gasteiger partial charge in [0.25, 0.3) is 15.9 Å². The second kappa shape index (κ2) is 7.88. The molecular weight excluding hydrogens is 501 g/mol. The van der Waals surface area contributed by atoms with Gasteiger partial charge in [0, 0.05) is 55.1 Å². The number of amides is 1. The van der Waals surface area contributed by atoms with Crippen LogP contribution in [0.4, 0.5) is 11.4 Å². The Labute approximate surface area is 186 Å². The molecule has 1 heterocycles. The Bertz CT molecular complexity index is 1020. The number of rotatable bonds is 5. The average Bonchev–Trinajstić information content (AvgIpc) is 3.36. The fourth-order valence-electron chi connectivity index (χ4n) is 4.43. The fraction of sp³-hybridized carbons (Fsp3) is 0.381. The SMILES string of the molecule is CN(C(=O)c1ccc(S(=O)(=O)N(C)I)cc1)c1ccccc1N1CC2CCC1C2.